The van der Waals surface area contributed by atoms with Crippen LogP contribution in [0.2, 0.25) is 0 Å². The zero-order chi connectivity index (χ0) is 21.2. The van der Waals surface area contributed by atoms with E-state index < -0.39 is 0 Å². The first kappa shape index (κ1) is 19.0. The first-order valence-corrected chi connectivity index (χ1v) is 10.1. The second kappa shape index (κ2) is 8.06. The van der Waals surface area contributed by atoms with E-state index in [-0.39, 0.29) is 11.7 Å². The van der Waals surface area contributed by atoms with Crippen LogP contribution in [0.15, 0.2) is 67.3 Å². The van der Waals surface area contributed by atoms with Crippen LogP contribution in [-0.4, -0.2) is 42.1 Å². The Morgan fingerprint density at radius 3 is 2.52 bits per heavy atom. The van der Waals surface area contributed by atoms with Crippen LogP contribution in [-0.2, 0) is 4.79 Å². The average molecular weight is 416 g/mol. The van der Waals surface area contributed by atoms with Crippen LogP contribution in [0.1, 0.15) is 5.56 Å². The van der Waals surface area contributed by atoms with E-state index >= 15 is 0 Å². The van der Waals surface area contributed by atoms with Crippen molar-refractivity contribution in [2.75, 3.05) is 46.6 Å². The van der Waals surface area contributed by atoms with Crippen LogP contribution in [0.25, 0.3) is 5.57 Å². The molecule has 1 amide bonds. The van der Waals surface area contributed by atoms with E-state index in [9.17, 15) is 9.18 Å². The van der Waals surface area contributed by atoms with Crippen molar-refractivity contribution in [2.45, 2.75) is 0 Å². The van der Waals surface area contributed by atoms with Crippen molar-refractivity contribution in [1.29, 1.82) is 0 Å². The quantitative estimate of drug-likeness (QED) is 0.636. The third-order valence-corrected chi connectivity index (χ3v) is 5.53. The Morgan fingerprint density at radius 1 is 1.00 bits per heavy atom. The van der Waals surface area contributed by atoms with Gasteiger partial charge in [-0.1, -0.05) is 0 Å². The van der Waals surface area contributed by atoms with Gasteiger partial charge in [0.05, 0.1) is 11.8 Å². The number of carbonyl (C=O) groups excluding carboxylic acids is 1. The first-order chi connectivity index (χ1) is 15.2. The Bertz CT molecular complexity index is 1120. The number of hydrogen-bond acceptors (Lipinski definition) is 6. The van der Waals surface area contributed by atoms with E-state index in [2.05, 4.69) is 42.5 Å². The maximum Gasteiger partial charge on any atom is 0.257 e. The van der Waals surface area contributed by atoms with Crippen LogP contribution in [0.5, 0.6) is 0 Å². The van der Waals surface area contributed by atoms with Gasteiger partial charge in [-0.2, -0.15) is 0 Å². The molecule has 0 spiro atoms. The monoisotopic (exact) mass is 416 g/mol. The number of carbonyl (C=O) groups is 1. The van der Waals surface area contributed by atoms with Crippen molar-refractivity contribution < 1.29 is 9.18 Å². The zero-order valence-corrected chi connectivity index (χ0v) is 16.8. The summed E-state index contributed by atoms with van der Waals surface area (Å²) >= 11 is 0. The van der Waals surface area contributed by atoms with Crippen LogP contribution < -0.4 is 20.4 Å². The zero-order valence-electron chi connectivity index (χ0n) is 16.8. The van der Waals surface area contributed by atoms with Gasteiger partial charge in [-0.3, -0.25) is 9.78 Å². The van der Waals surface area contributed by atoms with Gasteiger partial charge in [0.1, 0.15) is 11.6 Å². The summed E-state index contributed by atoms with van der Waals surface area (Å²) in [6.07, 6.45) is 6.81. The molecule has 5 rings (SSSR count). The predicted octanol–water partition coefficient (Wildman–Crippen LogP) is 3.35. The molecule has 1 fully saturated rings. The van der Waals surface area contributed by atoms with Crippen molar-refractivity contribution in [2.24, 2.45) is 0 Å². The van der Waals surface area contributed by atoms with Gasteiger partial charge < -0.3 is 20.4 Å². The van der Waals surface area contributed by atoms with Gasteiger partial charge in [-0.05, 0) is 42.5 Å². The molecule has 3 heterocycles. The van der Waals surface area contributed by atoms with Crippen molar-refractivity contribution in [1.82, 2.24) is 9.97 Å². The molecule has 0 aliphatic carbocycles. The molecule has 31 heavy (non-hydrogen) atoms. The second-order valence-corrected chi connectivity index (χ2v) is 7.43. The second-order valence-electron chi connectivity index (χ2n) is 7.43. The normalized spacial score (nSPS) is 16.9. The minimum Gasteiger partial charge on any atom is -0.368 e. The van der Waals surface area contributed by atoms with Gasteiger partial charge in [0, 0.05) is 67.4 Å². The maximum atomic E-state index is 13.6. The number of benzene rings is 2. The molecule has 3 aromatic rings. The smallest absolute Gasteiger partial charge is 0.257 e. The number of fused-ring (bicyclic) bond motifs is 1. The van der Waals surface area contributed by atoms with Crippen LogP contribution in [0.4, 0.5) is 27.3 Å². The summed E-state index contributed by atoms with van der Waals surface area (Å²) in [7, 11) is 0. The van der Waals surface area contributed by atoms with Gasteiger partial charge >= 0.3 is 0 Å². The SMILES string of the molecule is O=C1Nc2ccc(F)cc2C1=CNc1ccc(N2CCN(c3cnccn3)CC2)cc1. The third kappa shape index (κ3) is 3.92. The fourth-order valence-electron chi connectivity index (χ4n) is 3.88. The molecule has 2 N–H and O–H groups in total. The molecule has 1 saturated heterocycles. The Kier molecular flexibility index (Phi) is 4.95. The minimum atomic E-state index is -0.370. The van der Waals surface area contributed by atoms with E-state index in [4.69, 9.17) is 0 Å². The lowest BCUT2D eigenvalue weighted by Gasteiger charge is -2.36. The highest BCUT2D eigenvalue weighted by molar-refractivity contribution is 6.31. The van der Waals surface area contributed by atoms with Gasteiger partial charge in [0.25, 0.3) is 5.91 Å². The standard InChI is InChI=1S/C23H21FN6O/c24-16-1-6-21-19(13-16)20(23(31)28-21)14-27-17-2-4-18(5-3-17)29-9-11-30(12-10-29)22-15-25-7-8-26-22/h1-8,13-15,27H,9-12H2,(H,28,31). The number of anilines is 4. The van der Waals surface area contributed by atoms with Gasteiger partial charge in [0.15, 0.2) is 0 Å². The minimum absolute atomic E-state index is 0.245. The Labute approximate surface area is 179 Å². The van der Waals surface area contributed by atoms with E-state index in [1.54, 1.807) is 30.9 Å². The van der Waals surface area contributed by atoms with E-state index in [0.29, 0.717) is 16.8 Å². The number of nitrogens with zero attached hydrogens (tertiary/aromatic N) is 4. The number of halogens is 1. The molecular formula is C23H21FN6O. The summed E-state index contributed by atoms with van der Waals surface area (Å²) in [6.45, 7) is 3.57. The van der Waals surface area contributed by atoms with Crippen LogP contribution in [0, 0.1) is 5.82 Å². The molecule has 0 saturated carbocycles. The number of aromatic nitrogens is 2. The predicted molar refractivity (Wildman–Crippen MR) is 120 cm³/mol. The summed E-state index contributed by atoms with van der Waals surface area (Å²) in [5, 5.41) is 5.89. The molecule has 0 radical (unpaired) electrons. The highest BCUT2D eigenvalue weighted by Crippen LogP contribution is 2.32. The summed E-state index contributed by atoms with van der Waals surface area (Å²) < 4.78 is 13.6. The molecule has 0 atom stereocenters. The molecule has 2 aromatic carbocycles. The lowest BCUT2D eigenvalue weighted by molar-refractivity contribution is -0.110. The highest BCUT2D eigenvalue weighted by atomic mass is 19.1. The van der Waals surface area contributed by atoms with Crippen molar-refractivity contribution >= 4 is 34.4 Å². The van der Waals surface area contributed by atoms with Crippen molar-refractivity contribution in [3.8, 4) is 0 Å². The molecule has 0 unspecified atom stereocenters. The lowest BCUT2D eigenvalue weighted by Crippen LogP contribution is -2.46. The molecule has 7 nitrogen and oxygen atoms in total. The molecular weight excluding hydrogens is 395 g/mol. The van der Waals surface area contributed by atoms with E-state index in [1.807, 2.05) is 12.1 Å². The fourth-order valence-corrected chi connectivity index (χ4v) is 3.88. The van der Waals surface area contributed by atoms with Gasteiger partial charge in [-0.25, -0.2) is 9.37 Å². The fraction of sp³-hybridized carbons (Fsp3) is 0.174. The Balaban J connectivity index is 1.23. The summed E-state index contributed by atoms with van der Waals surface area (Å²) in [5.41, 5.74) is 3.60. The Hall–Kier alpha value is -3.94. The first-order valence-electron chi connectivity index (χ1n) is 10.1. The number of rotatable bonds is 4. The number of piperazine rings is 1. The molecule has 8 heteroatoms. The van der Waals surface area contributed by atoms with Gasteiger partial charge in [0.2, 0.25) is 0 Å². The van der Waals surface area contributed by atoms with E-state index in [0.717, 1.165) is 43.4 Å². The van der Waals surface area contributed by atoms with E-state index in [1.165, 1.54) is 12.1 Å². The van der Waals surface area contributed by atoms with Crippen molar-refractivity contribution in [3.05, 3.63) is 78.6 Å². The van der Waals surface area contributed by atoms with Crippen LogP contribution >= 0.6 is 0 Å². The molecule has 0 bridgehead atoms. The summed E-state index contributed by atoms with van der Waals surface area (Å²) in [6, 6.07) is 12.3. The molecule has 1 aromatic heterocycles. The Morgan fingerprint density at radius 2 is 1.77 bits per heavy atom. The largest absolute Gasteiger partial charge is 0.368 e. The number of hydrogen-bond donors (Lipinski definition) is 2. The van der Waals surface area contributed by atoms with Crippen LogP contribution in [0.3, 0.4) is 0 Å². The average Bonchev–Trinajstić information content (AvgIpc) is 3.13. The van der Waals surface area contributed by atoms with Crippen molar-refractivity contribution in [3.63, 3.8) is 0 Å². The lowest BCUT2D eigenvalue weighted by atomic mass is 10.1. The summed E-state index contributed by atoms with van der Waals surface area (Å²) in [5.74, 6) is 0.294. The molecule has 2 aliphatic heterocycles. The highest BCUT2D eigenvalue weighted by Gasteiger charge is 2.24. The van der Waals surface area contributed by atoms with Gasteiger partial charge in [-0.15, -0.1) is 0 Å². The third-order valence-electron chi connectivity index (χ3n) is 5.53. The topological polar surface area (TPSA) is 73.4 Å². The molecule has 156 valence electrons. The molecule has 2 aliphatic rings. The summed E-state index contributed by atoms with van der Waals surface area (Å²) in [4.78, 5) is 25.3. The number of nitrogens with one attached hydrogen (secondary N) is 2. The maximum absolute atomic E-state index is 13.6. The number of amides is 1.